The lowest BCUT2D eigenvalue weighted by atomic mass is 9.63. The third kappa shape index (κ3) is 29.8. The van der Waals surface area contributed by atoms with E-state index in [1.165, 1.54) is 143 Å². The Morgan fingerprint density at radius 1 is 0.457 bits per heavy atom. The van der Waals surface area contributed by atoms with Gasteiger partial charge in [0.25, 0.3) is 19.8 Å². The summed E-state index contributed by atoms with van der Waals surface area (Å²) in [6, 6.07) is 29.0. The van der Waals surface area contributed by atoms with Crippen molar-refractivity contribution in [2.24, 2.45) is 15.5 Å². The van der Waals surface area contributed by atoms with Gasteiger partial charge in [-0.2, -0.15) is 0 Å². The molecule has 0 atom stereocenters. The summed E-state index contributed by atoms with van der Waals surface area (Å²) < 4.78 is 41.2. The van der Waals surface area contributed by atoms with E-state index in [0.717, 1.165) is 70.4 Å². The van der Waals surface area contributed by atoms with Gasteiger partial charge in [-0.3, -0.25) is 9.59 Å². The van der Waals surface area contributed by atoms with Gasteiger partial charge in [0.15, 0.2) is 5.75 Å². The van der Waals surface area contributed by atoms with Crippen LogP contribution in [0.5, 0.6) is 5.75 Å². The standard InChI is InChI=1S/C24H28O2.C22H22BrF2NO4.C22H25NO3.2C20H28O2.BHNP.4H2/c1-16(14-17-6-8-18(9-7-17)22(25)26)19-10-11-20-21(15-19)24(4,5)13-12-23(20,2)3;1-21(2)5-6-22(3,4)16-11(21)9-14(18(27)17(16)23)26-19(28)10-7-12(24)15(20(29)30)13(25)8-10;1-21(2)11-12-22(3,4)18-13-16(9-10-17(18)21)23-19(24)14-5-7-15(8-6-14)20(25)26;2*1-15(8-6-9-16(2)14-19(21)22)11-12-18-17(3)10-7-13-20(18,4)5;1-2-3;;;;/h6-11,14-15H,12-13H2,1-5H3,(H,25,26);7-9,27H,5-6H2,1-4H3,(H,26,28)(H,29,30);5-10,13H,11-12H2,1-4H3,(H,23,24)(H,25,26);2*6,8-9,11-12,14H,7,10,13H2,1-5H3,(H,21,22);3H;4*1H/b16-14+;;;9-6+,12-11+,15-8+,16-14+;9-6+,12-11+,15-8-,16-14+;;;;;/i;;;;;;1+2T;;;. The third-order valence-corrected chi connectivity index (χ3v) is 26.2. The van der Waals surface area contributed by atoms with E-state index in [4.69, 9.17) is 28.5 Å². The molecule has 0 aliphatic heterocycles. The lowest BCUT2D eigenvalue weighted by Gasteiger charge is -2.42. The summed E-state index contributed by atoms with van der Waals surface area (Å²) in [6.07, 6.45) is 38.7. The minimum Gasteiger partial charge on any atom is -0.505 e. The molecule has 5 aliphatic rings. The van der Waals surface area contributed by atoms with Crippen LogP contribution in [0.4, 0.5) is 20.2 Å². The molecule has 5 aliphatic carbocycles. The fraction of sp³-hybridized carbons (Fsp3) is 0.398. The lowest BCUT2D eigenvalue weighted by molar-refractivity contribution is -0.132. The third-order valence-electron chi connectivity index (χ3n) is 25.4. The largest absolute Gasteiger partial charge is 0.505 e. The number of phenolic OH excluding ortho intramolecular Hbond substituents is 1. The molecule has 2 amide bonds. The molecular formula is C108H140BBrF2N3O13P. The number of aliphatic carboxylic acids is 2. The molecule has 0 unspecified atom stereocenters. The number of carbonyl (C=O) groups excluding carboxylic acids is 2. The highest BCUT2D eigenvalue weighted by molar-refractivity contribution is 9.10. The summed E-state index contributed by atoms with van der Waals surface area (Å²) in [7, 11) is 6.97. The molecule has 0 aromatic heterocycles. The highest BCUT2D eigenvalue weighted by atomic mass is 79.9. The number of halogens is 3. The molecule has 0 saturated heterocycles. The summed E-state index contributed by atoms with van der Waals surface area (Å²) in [5.74, 6) is -9.50. The van der Waals surface area contributed by atoms with Crippen LogP contribution in [0.1, 0.15) is 340 Å². The van der Waals surface area contributed by atoms with E-state index >= 15 is 0 Å². The van der Waals surface area contributed by atoms with Crippen LogP contribution in [-0.4, -0.2) is 80.3 Å². The van der Waals surface area contributed by atoms with Crippen LogP contribution < -0.4 is 10.6 Å². The maximum absolute atomic E-state index is 14.0. The molecule has 21 heteroatoms. The molecule has 0 saturated carbocycles. The van der Waals surface area contributed by atoms with E-state index in [1.54, 1.807) is 44.2 Å². The number of phenols is 1. The van der Waals surface area contributed by atoms with Gasteiger partial charge < -0.3 is 45.9 Å². The van der Waals surface area contributed by atoms with Crippen molar-refractivity contribution >= 4 is 97.6 Å². The van der Waals surface area contributed by atoms with Gasteiger partial charge in [-0.15, -0.1) is 0 Å². The van der Waals surface area contributed by atoms with Gasteiger partial charge in [-0.1, -0.05) is 236 Å². The monoisotopic (exact) mass is 1850 g/mol. The number of benzene rings is 6. The lowest BCUT2D eigenvalue weighted by Crippen LogP contribution is -2.34. The molecule has 6 aromatic carbocycles. The Bertz CT molecular complexity index is 5480. The summed E-state index contributed by atoms with van der Waals surface area (Å²) in [5, 5.41) is 60.3. The predicted molar refractivity (Wildman–Crippen MR) is 537 cm³/mol. The molecular weight excluding hydrogens is 1710 g/mol. The van der Waals surface area contributed by atoms with Gasteiger partial charge in [-0.05, 0) is 333 Å². The Balaban J connectivity index is 0.000000559. The van der Waals surface area contributed by atoms with Crippen molar-refractivity contribution < 1.29 is 80.2 Å². The van der Waals surface area contributed by atoms with Crippen LogP contribution in [-0.2, 0) is 42.1 Å². The second kappa shape index (κ2) is 45.1. The average molecular weight is 1850 g/mol. The van der Waals surface area contributed by atoms with Gasteiger partial charge in [0, 0.05) is 36.2 Å². The molecule has 0 heterocycles. The number of hydrogen-bond donors (Lipinski definition) is 8. The first-order valence-corrected chi connectivity index (χ1v) is 45.0. The van der Waals surface area contributed by atoms with Crippen molar-refractivity contribution in [3.8, 4) is 5.75 Å². The van der Waals surface area contributed by atoms with Crippen LogP contribution >= 0.6 is 25.0 Å². The van der Waals surface area contributed by atoms with E-state index in [2.05, 4.69) is 254 Å². The fourth-order valence-electron chi connectivity index (χ4n) is 17.2. The molecule has 2 radical (unpaired) electrons. The van der Waals surface area contributed by atoms with Gasteiger partial charge >= 0.3 is 29.8 Å². The van der Waals surface area contributed by atoms with Gasteiger partial charge in [0.1, 0.15) is 17.2 Å². The van der Waals surface area contributed by atoms with E-state index in [0.29, 0.717) is 27.7 Å². The highest BCUT2D eigenvalue weighted by Gasteiger charge is 2.42. The number of aromatic carboxylic acids is 3. The van der Waals surface area contributed by atoms with Crippen LogP contribution in [0.3, 0.4) is 0 Å². The molecule has 11 rings (SSSR count). The van der Waals surface area contributed by atoms with Crippen LogP contribution in [0, 0.1) is 22.5 Å². The number of carboxylic acids is 5. The molecule has 6 aromatic rings. The summed E-state index contributed by atoms with van der Waals surface area (Å²) in [5.41, 5.74) is 21.6. The van der Waals surface area contributed by atoms with Crippen molar-refractivity contribution in [2.45, 2.75) is 269 Å². The van der Waals surface area contributed by atoms with Gasteiger partial charge in [-0.25, -0.2) is 32.8 Å². The first-order valence-electron chi connectivity index (χ1n) is 44.7. The molecule has 694 valence electrons. The Labute approximate surface area is 783 Å². The van der Waals surface area contributed by atoms with Crippen molar-refractivity contribution in [3.05, 3.63) is 309 Å². The zero-order valence-electron chi connectivity index (χ0n) is 81.5. The topological polar surface area (TPSA) is 277 Å². The Morgan fingerprint density at radius 3 is 1.24 bits per heavy atom. The maximum Gasteiger partial charge on any atom is 0.341 e. The summed E-state index contributed by atoms with van der Waals surface area (Å²) in [6.45, 7) is 50.2. The number of carboxylic acid groups (broad SMARTS) is 5. The second-order valence-electron chi connectivity index (χ2n) is 39.7. The number of allylic oxidation sites excluding steroid dienone is 19. The number of anilines is 2. The molecule has 8 N–H and O–H groups in total. The van der Waals surface area contributed by atoms with Crippen molar-refractivity contribution in [1.29, 1.82) is 0 Å². The summed E-state index contributed by atoms with van der Waals surface area (Å²) in [4.78, 5) is 79.0. The number of aromatic hydroxyl groups is 1. The molecule has 0 spiro atoms. The van der Waals surface area contributed by atoms with Crippen molar-refractivity contribution in [3.63, 3.8) is 0 Å². The van der Waals surface area contributed by atoms with E-state index < -0.39 is 58.5 Å². The number of nitrogens with zero attached hydrogens (tertiary/aromatic N) is 1. The van der Waals surface area contributed by atoms with E-state index in [1.807, 2.05) is 42.5 Å². The Hall–Kier alpha value is -10.9. The quantitative estimate of drug-likeness (QED) is 0.00937. The zero-order chi connectivity index (χ0) is 99.0. The molecule has 0 bridgehead atoms. The van der Waals surface area contributed by atoms with Gasteiger partial charge in [0.2, 0.25) is 0 Å². The smallest absolute Gasteiger partial charge is 0.341 e. The van der Waals surface area contributed by atoms with Crippen molar-refractivity contribution in [2.75, 3.05) is 10.6 Å². The second-order valence-corrected chi connectivity index (χ2v) is 40.7. The first kappa shape index (κ1) is 105. The number of hydrogen-bond acceptors (Lipinski definition) is 9. The minimum atomic E-state index is -1.77. The number of amides is 2. The first-order chi connectivity index (χ1) is 60.8. The number of carbonyl (C=O) groups is 7. The van der Waals surface area contributed by atoms with Crippen LogP contribution in [0.15, 0.2) is 230 Å². The number of fused-ring (bicyclic) bond motifs is 3. The normalized spacial score (nSPS) is 18.1. The van der Waals surface area contributed by atoms with E-state index in [9.17, 15) is 47.4 Å². The summed E-state index contributed by atoms with van der Waals surface area (Å²) >= 11 is 3.45. The molecule has 0 fully saturated rings. The molecule has 16 nitrogen and oxygen atoms in total. The fourth-order valence-corrected chi connectivity index (χ4v) is 18.2. The minimum absolute atomic E-state index is 0. The average Bonchev–Trinajstić information content (AvgIpc) is 0.744. The Morgan fingerprint density at radius 2 is 0.829 bits per heavy atom. The zero-order valence-corrected chi connectivity index (χ0v) is 82.1. The van der Waals surface area contributed by atoms with E-state index in [-0.39, 0.29) is 70.5 Å². The van der Waals surface area contributed by atoms with Crippen LogP contribution in [0.2, 0.25) is 0 Å². The number of nitrogens with one attached hydrogen (secondary N) is 2. The Kier molecular flexibility index (Phi) is 36.7. The highest BCUT2D eigenvalue weighted by Crippen LogP contribution is 2.54. The SMILES string of the molecule is C/C(=C\c1ccc(C(=O)O)cc1)c1ccc2c(c1)C(C)(C)CCC2(C)C.CC1(C)CCC(C)(C)c2c1cc(NC(=O)c1cc(F)c(C(=O)O)c(F)c1)c(O)c2Br.CC1(C)CCC(C)(C)c2cc(NC(=O)c3ccc(C(=O)O)cc3)ccc21.CC1=C(/C=C/C(C)=C/C=C/C(C)=C/C(=O)O)C(C)(C)CCC1.CC1=C(/C=C/C(C)=C\C=C\C(C)=C\C(=O)O)C(C)(C)CCC1.[3H][3H].[B]N=P.[HH].[HH].[HH]. The van der Waals surface area contributed by atoms with Crippen molar-refractivity contribution in [1.82, 2.24) is 0 Å². The number of rotatable bonds is 19. The van der Waals surface area contributed by atoms with Gasteiger partial charge in [0.05, 0.1) is 21.3 Å². The predicted octanol–water partition coefficient (Wildman–Crippen LogP) is 29.6. The maximum atomic E-state index is 14.0. The molecule has 129 heavy (non-hydrogen) atoms. The van der Waals surface area contributed by atoms with Crippen LogP contribution in [0.25, 0.3) is 11.6 Å².